The van der Waals surface area contributed by atoms with Crippen molar-refractivity contribution in [3.63, 3.8) is 0 Å². The van der Waals surface area contributed by atoms with Crippen molar-refractivity contribution in [2.45, 2.75) is 20.8 Å². The molecule has 22 heavy (non-hydrogen) atoms. The van der Waals surface area contributed by atoms with E-state index in [9.17, 15) is 4.39 Å². The van der Waals surface area contributed by atoms with Gasteiger partial charge >= 0.3 is 0 Å². The van der Waals surface area contributed by atoms with Crippen molar-refractivity contribution >= 4 is 34.1 Å². The number of nitrogens with one attached hydrogen (secondary N) is 1. The molecule has 1 aromatic carbocycles. The van der Waals surface area contributed by atoms with E-state index in [1.165, 1.54) is 6.07 Å². The van der Waals surface area contributed by atoms with E-state index in [-0.39, 0.29) is 11.1 Å². The number of halogens is 2. The number of hydrogen-bond donors (Lipinski definition) is 1. The molecule has 0 atom stereocenters. The van der Waals surface area contributed by atoms with Crippen molar-refractivity contribution < 1.29 is 4.39 Å². The molecule has 2 heterocycles. The molecule has 0 aliphatic heterocycles. The maximum Gasteiger partial charge on any atom is 0.224 e. The van der Waals surface area contributed by atoms with Gasteiger partial charge in [0.2, 0.25) is 5.28 Å². The summed E-state index contributed by atoms with van der Waals surface area (Å²) < 4.78 is 13.7. The Hall–Kier alpha value is -2.21. The number of anilines is 2. The largest absolute Gasteiger partial charge is 0.312 e. The first-order chi connectivity index (χ1) is 10.6. The molecule has 3 rings (SSSR count). The van der Waals surface area contributed by atoms with Gasteiger partial charge in [-0.25, -0.2) is 14.4 Å². The van der Waals surface area contributed by atoms with Crippen LogP contribution >= 0.6 is 11.6 Å². The monoisotopic (exact) mass is 321 g/mol. The smallest absolute Gasteiger partial charge is 0.224 e. The zero-order valence-corrected chi connectivity index (χ0v) is 13.6. The lowest BCUT2D eigenvalue weighted by atomic mass is 10.1. The average Bonchev–Trinajstić information content (AvgIpc) is 2.92. The standard InChI is InChI=1S/C13H11ClFN5.C2H6/c1-7-5-10-8(6-9(7)15)12(19-18-10)20(2)11-3-4-16-13(14)17-11;1-2/h3-6H,1-2H3,(H,18,19);1-2H3. The van der Waals surface area contributed by atoms with E-state index in [1.54, 1.807) is 37.2 Å². The predicted molar refractivity (Wildman–Crippen MR) is 87.2 cm³/mol. The summed E-state index contributed by atoms with van der Waals surface area (Å²) in [6, 6.07) is 4.89. The lowest BCUT2D eigenvalue weighted by molar-refractivity contribution is 0.620. The number of aryl methyl sites for hydroxylation is 1. The Labute approximate surface area is 133 Å². The van der Waals surface area contributed by atoms with Crippen LogP contribution in [-0.4, -0.2) is 27.2 Å². The third kappa shape index (κ3) is 3.01. The minimum absolute atomic E-state index is 0.149. The average molecular weight is 322 g/mol. The normalized spacial score (nSPS) is 10.3. The second-order valence-electron chi connectivity index (χ2n) is 4.44. The van der Waals surface area contributed by atoms with E-state index >= 15 is 0 Å². The SMILES string of the molecule is CC.Cc1cc2[nH]nc(N(C)c3ccnc(Cl)n3)c2cc1F. The van der Waals surface area contributed by atoms with Crippen molar-refractivity contribution in [3.8, 4) is 0 Å². The number of hydrogen-bond acceptors (Lipinski definition) is 4. The van der Waals surface area contributed by atoms with Gasteiger partial charge in [-0.1, -0.05) is 13.8 Å². The summed E-state index contributed by atoms with van der Waals surface area (Å²) in [4.78, 5) is 9.66. The van der Waals surface area contributed by atoms with Crippen molar-refractivity contribution in [2.24, 2.45) is 0 Å². The highest BCUT2D eigenvalue weighted by Crippen LogP contribution is 2.29. The van der Waals surface area contributed by atoms with Crippen LogP contribution in [0.25, 0.3) is 10.9 Å². The molecule has 0 saturated carbocycles. The highest BCUT2D eigenvalue weighted by Gasteiger charge is 2.15. The maximum absolute atomic E-state index is 13.7. The van der Waals surface area contributed by atoms with Crippen LogP contribution in [0.3, 0.4) is 0 Å². The van der Waals surface area contributed by atoms with E-state index in [0.717, 1.165) is 5.52 Å². The molecular formula is C15H17ClFN5. The second kappa shape index (κ2) is 6.70. The van der Waals surface area contributed by atoms with E-state index < -0.39 is 0 Å². The van der Waals surface area contributed by atoms with Crippen LogP contribution in [0.5, 0.6) is 0 Å². The van der Waals surface area contributed by atoms with Crippen LogP contribution in [0.15, 0.2) is 24.4 Å². The summed E-state index contributed by atoms with van der Waals surface area (Å²) in [5.41, 5.74) is 1.34. The van der Waals surface area contributed by atoms with Crippen LogP contribution in [0, 0.1) is 12.7 Å². The van der Waals surface area contributed by atoms with Gasteiger partial charge in [-0.2, -0.15) is 5.10 Å². The minimum atomic E-state index is -0.269. The minimum Gasteiger partial charge on any atom is -0.312 e. The lowest BCUT2D eigenvalue weighted by Gasteiger charge is -2.15. The second-order valence-corrected chi connectivity index (χ2v) is 4.78. The summed E-state index contributed by atoms with van der Waals surface area (Å²) in [6.07, 6.45) is 1.56. The molecule has 0 aliphatic carbocycles. The van der Waals surface area contributed by atoms with Crippen molar-refractivity contribution in [3.05, 3.63) is 41.1 Å². The number of aromatic nitrogens is 4. The van der Waals surface area contributed by atoms with Crippen molar-refractivity contribution in [1.29, 1.82) is 0 Å². The zero-order chi connectivity index (χ0) is 16.3. The summed E-state index contributed by atoms with van der Waals surface area (Å²) in [5, 5.41) is 7.94. The quantitative estimate of drug-likeness (QED) is 0.717. The van der Waals surface area contributed by atoms with E-state index in [0.29, 0.717) is 22.6 Å². The molecule has 7 heteroatoms. The molecule has 3 aromatic rings. The number of rotatable bonds is 2. The van der Waals surface area contributed by atoms with Gasteiger partial charge in [0.25, 0.3) is 0 Å². The first-order valence-corrected chi connectivity index (χ1v) is 7.30. The third-order valence-corrected chi connectivity index (χ3v) is 3.28. The molecule has 0 saturated heterocycles. The van der Waals surface area contributed by atoms with Crippen LogP contribution in [0.4, 0.5) is 16.0 Å². The summed E-state index contributed by atoms with van der Waals surface area (Å²) >= 11 is 5.78. The fraction of sp³-hybridized carbons (Fsp3) is 0.267. The Morgan fingerprint density at radius 3 is 2.68 bits per heavy atom. The van der Waals surface area contributed by atoms with Gasteiger partial charge in [0, 0.05) is 18.6 Å². The number of benzene rings is 1. The molecule has 0 unspecified atom stereocenters. The summed E-state index contributed by atoms with van der Waals surface area (Å²) in [6.45, 7) is 5.71. The van der Waals surface area contributed by atoms with Gasteiger partial charge in [-0.05, 0) is 42.3 Å². The Kier molecular flexibility index (Phi) is 4.92. The number of nitrogens with zero attached hydrogens (tertiary/aromatic N) is 4. The Balaban J connectivity index is 0.000000847. The molecule has 2 aromatic heterocycles. The predicted octanol–water partition coefficient (Wildman–Crippen LogP) is 4.25. The Bertz CT molecular complexity index is 787. The van der Waals surface area contributed by atoms with Gasteiger partial charge in [0.1, 0.15) is 11.6 Å². The fourth-order valence-electron chi connectivity index (χ4n) is 2.01. The first kappa shape index (κ1) is 16.2. The van der Waals surface area contributed by atoms with Crippen molar-refractivity contribution in [2.75, 3.05) is 11.9 Å². The van der Waals surface area contributed by atoms with E-state index in [1.807, 2.05) is 13.8 Å². The fourth-order valence-corrected chi connectivity index (χ4v) is 2.15. The Morgan fingerprint density at radius 1 is 1.27 bits per heavy atom. The summed E-state index contributed by atoms with van der Waals surface area (Å²) in [5.74, 6) is 0.891. The number of aromatic amines is 1. The van der Waals surface area contributed by atoms with Crippen molar-refractivity contribution in [1.82, 2.24) is 20.2 Å². The highest BCUT2D eigenvalue weighted by atomic mass is 35.5. The zero-order valence-electron chi connectivity index (χ0n) is 12.9. The molecule has 0 fully saturated rings. The van der Waals surface area contributed by atoms with Gasteiger partial charge in [0.05, 0.1) is 5.52 Å². The van der Waals surface area contributed by atoms with Crippen LogP contribution in [0.1, 0.15) is 19.4 Å². The van der Waals surface area contributed by atoms with Gasteiger partial charge < -0.3 is 4.90 Å². The van der Waals surface area contributed by atoms with E-state index in [4.69, 9.17) is 11.6 Å². The molecule has 0 aliphatic rings. The number of fused-ring (bicyclic) bond motifs is 1. The molecule has 5 nitrogen and oxygen atoms in total. The van der Waals surface area contributed by atoms with Crippen LogP contribution in [-0.2, 0) is 0 Å². The summed E-state index contributed by atoms with van der Waals surface area (Å²) in [7, 11) is 1.78. The van der Waals surface area contributed by atoms with E-state index in [2.05, 4.69) is 20.2 Å². The highest BCUT2D eigenvalue weighted by molar-refractivity contribution is 6.28. The maximum atomic E-state index is 13.7. The Morgan fingerprint density at radius 2 is 2.00 bits per heavy atom. The number of H-pyrrole nitrogens is 1. The van der Waals surface area contributed by atoms with Gasteiger partial charge in [-0.15, -0.1) is 0 Å². The molecule has 116 valence electrons. The molecular weight excluding hydrogens is 305 g/mol. The third-order valence-electron chi connectivity index (χ3n) is 3.09. The molecule has 0 amide bonds. The topological polar surface area (TPSA) is 57.7 Å². The van der Waals surface area contributed by atoms with Gasteiger partial charge in [0.15, 0.2) is 5.82 Å². The molecule has 0 radical (unpaired) electrons. The van der Waals surface area contributed by atoms with Gasteiger partial charge in [-0.3, -0.25) is 5.10 Å². The molecule has 0 bridgehead atoms. The van der Waals surface area contributed by atoms with Crippen LogP contribution in [0.2, 0.25) is 5.28 Å². The first-order valence-electron chi connectivity index (χ1n) is 6.93. The molecule has 1 N–H and O–H groups in total. The van der Waals surface area contributed by atoms with Crippen LogP contribution < -0.4 is 4.90 Å². The molecule has 0 spiro atoms. The lowest BCUT2D eigenvalue weighted by Crippen LogP contribution is -2.12.